The predicted octanol–water partition coefficient (Wildman–Crippen LogP) is 3.28. The Labute approximate surface area is 126 Å². The highest BCUT2D eigenvalue weighted by molar-refractivity contribution is 6.32. The first-order valence-corrected chi connectivity index (χ1v) is 6.13. The number of nitrogens with one attached hydrogen (secondary N) is 1. The van der Waals surface area contributed by atoms with E-state index in [2.05, 4.69) is 11.2 Å². The summed E-state index contributed by atoms with van der Waals surface area (Å²) in [4.78, 5) is 0. The second kappa shape index (κ2) is 8.92. The van der Waals surface area contributed by atoms with Gasteiger partial charge in [-0.15, -0.1) is 18.8 Å². The van der Waals surface area contributed by atoms with Crippen LogP contribution in [0.25, 0.3) is 0 Å². The van der Waals surface area contributed by atoms with Gasteiger partial charge in [0.15, 0.2) is 11.5 Å². The molecule has 0 unspecified atom stereocenters. The van der Waals surface area contributed by atoms with E-state index in [0.29, 0.717) is 29.6 Å². The van der Waals surface area contributed by atoms with E-state index in [-0.39, 0.29) is 18.5 Å². The first-order valence-electron chi connectivity index (χ1n) is 5.75. The summed E-state index contributed by atoms with van der Waals surface area (Å²) in [6.07, 6.45) is 5.22. The molecule has 0 fully saturated rings. The molecule has 0 aliphatic carbocycles. The van der Waals surface area contributed by atoms with Gasteiger partial charge >= 0.3 is 0 Å². The quantitative estimate of drug-likeness (QED) is 0.646. The third kappa shape index (κ3) is 5.61. The molecule has 0 aliphatic rings. The number of hydrogen-bond acceptors (Lipinski definition) is 3. The standard InChI is InChI=1S/C14H18ClNO2.ClH/c1-5-6-16-9-11-7-12(15)14(18-10(2)3)13(8-11)17-4;/h1,7-8,10,16H,6,9H2,2-4H3;1H. The molecule has 0 bridgehead atoms. The Kier molecular flexibility index (Phi) is 8.42. The maximum atomic E-state index is 6.20. The molecule has 1 rings (SSSR count). The molecule has 106 valence electrons. The van der Waals surface area contributed by atoms with Crippen LogP contribution in [0.1, 0.15) is 19.4 Å². The van der Waals surface area contributed by atoms with Crippen LogP contribution in [0.15, 0.2) is 12.1 Å². The van der Waals surface area contributed by atoms with Gasteiger partial charge in [-0.05, 0) is 31.5 Å². The Morgan fingerprint density at radius 1 is 1.42 bits per heavy atom. The molecule has 0 spiro atoms. The highest BCUT2D eigenvalue weighted by Crippen LogP contribution is 2.37. The fourth-order valence-electron chi connectivity index (χ4n) is 1.50. The Hall–Kier alpha value is -1.08. The van der Waals surface area contributed by atoms with E-state index >= 15 is 0 Å². The molecule has 0 saturated heterocycles. The average molecular weight is 304 g/mol. The molecule has 0 amide bonds. The van der Waals surface area contributed by atoms with E-state index in [9.17, 15) is 0 Å². The zero-order valence-corrected chi connectivity index (χ0v) is 12.9. The number of terminal acetylenes is 1. The van der Waals surface area contributed by atoms with Crippen LogP contribution in [0, 0.1) is 12.3 Å². The topological polar surface area (TPSA) is 30.5 Å². The second-order valence-electron chi connectivity index (χ2n) is 4.08. The minimum atomic E-state index is 0. The van der Waals surface area contributed by atoms with Gasteiger partial charge in [0.05, 0.1) is 24.8 Å². The zero-order valence-electron chi connectivity index (χ0n) is 11.3. The van der Waals surface area contributed by atoms with Crippen LogP contribution in [0.5, 0.6) is 11.5 Å². The van der Waals surface area contributed by atoms with Crippen molar-refractivity contribution in [1.29, 1.82) is 0 Å². The summed E-state index contributed by atoms with van der Waals surface area (Å²) < 4.78 is 10.9. The molecule has 0 saturated carbocycles. The van der Waals surface area contributed by atoms with Crippen LogP contribution in [0.4, 0.5) is 0 Å². The van der Waals surface area contributed by atoms with Crippen LogP contribution in [0.2, 0.25) is 5.02 Å². The third-order valence-corrected chi connectivity index (χ3v) is 2.48. The average Bonchev–Trinajstić information content (AvgIpc) is 2.32. The SMILES string of the molecule is C#CCNCc1cc(Cl)c(OC(C)C)c(OC)c1.Cl. The van der Waals surface area contributed by atoms with Gasteiger partial charge in [0.1, 0.15) is 0 Å². The van der Waals surface area contributed by atoms with E-state index in [1.165, 1.54) is 0 Å². The minimum Gasteiger partial charge on any atom is -0.493 e. The number of rotatable bonds is 6. The van der Waals surface area contributed by atoms with Crippen LogP contribution < -0.4 is 14.8 Å². The number of methoxy groups -OCH3 is 1. The van der Waals surface area contributed by atoms with Gasteiger partial charge in [0.25, 0.3) is 0 Å². The summed E-state index contributed by atoms with van der Waals surface area (Å²) in [5.41, 5.74) is 1.00. The molecule has 1 aromatic rings. The summed E-state index contributed by atoms with van der Waals surface area (Å²) in [6.45, 7) is 5.04. The minimum absolute atomic E-state index is 0. The van der Waals surface area contributed by atoms with Crippen LogP contribution >= 0.6 is 24.0 Å². The summed E-state index contributed by atoms with van der Waals surface area (Å²) in [5, 5.41) is 3.64. The molecule has 0 aliphatic heterocycles. The van der Waals surface area contributed by atoms with Gasteiger partial charge < -0.3 is 14.8 Å². The van der Waals surface area contributed by atoms with Crippen LogP contribution in [-0.4, -0.2) is 19.8 Å². The second-order valence-corrected chi connectivity index (χ2v) is 4.49. The molecule has 0 atom stereocenters. The van der Waals surface area contributed by atoms with Crippen molar-refractivity contribution in [3.63, 3.8) is 0 Å². The Bertz CT molecular complexity index is 442. The molecular weight excluding hydrogens is 285 g/mol. The van der Waals surface area contributed by atoms with E-state index in [0.717, 1.165) is 5.56 Å². The smallest absolute Gasteiger partial charge is 0.180 e. The van der Waals surface area contributed by atoms with Gasteiger partial charge in [0.2, 0.25) is 0 Å². The summed E-state index contributed by atoms with van der Waals surface area (Å²) in [7, 11) is 1.59. The fourth-order valence-corrected chi connectivity index (χ4v) is 1.78. The lowest BCUT2D eigenvalue weighted by atomic mass is 10.2. The Morgan fingerprint density at radius 2 is 2.11 bits per heavy atom. The fraction of sp³-hybridized carbons (Fsp3) is 0.429. The monoisotopic (exact) mass is 303 g/mol. The highest BCUT2D eigenvalue weighted by Gasteiger charge is 2.13. The molecule has 1 aromatic carbocycles. The maximum absolute atomic E-state index is 6.20. The molecule has 0 heterocycles. The van der Waals surface area contributed by atoms with Gasteiger partial charge in [-0.1, -0.05) is 17.5 Å². The van der Waals surface area contributed by atoms with Crippen LogP contribution in [-0.2, 0) is 6.54 Å². The number of hydrogen-bond donors (Lipinski definition) is 1. The summed E-state index contributed by atoms with van der Waals surface area (Å²) >= 11 is 6.20. The number of ether oxygens (including phenoxy) is 2. The first kappa shape index (κ1) is 17.9. The number of halogens is 2. The van der Waals surface area contributed by atoms with Crippen molar-refractivity contribution in [3.8, 4) is 23.8 Å². The zero-order chi connectivity index (χ0) is 13.5. The highest BCUT2D eigenvalue weighted by atomic mass is 35.5. The normalized spacial score (nSPS) is 9.68. The van der Waals surface area contributed by atoms with E-state index in [1.54, 1.807) is 7.11 Å². The van der Waals surface area contributed by atoms with Crippen molar-refractivity contribution < 1.29 is 9.47 Å². The molecule has 19 heavy (non-hydrogen) atoms. The summed E-state index contributed by atoms with van der Waals surface area (Å²) in [6, 6.07) is 3.75. The Morgan fingerprint density at radius 3 is 2.63 bits per heavy atom. The predicted molar refractivity (Wildman–Crippen MR) is 81.6 cm³/mol. The van der Waals surface area contributed by atoms with Gasteiger partial charge in [-0.25, -0.2) is 0 Å². The number of benzene rings is 1. The largest absolute Gasteiger partial charge is 0.493 e. The van der Waals surface area contributed by atoms with Crippen molar-refractivity contribution in [2.45, 2.75) is 26.5 Å². The molecule has 0 radical (unpaired) electrons. The maximum Gasteiger partial charge on any atom is 0.180 e. The Balaban J connectivity index is 0.00000324. The van der Waals surface area contributed by atoms with Gasteiger partial charge in [-0.2, -0.15) is 0 Å². The van der Waals surface area contributed by atoms with Crippen molar-refractivity contribution in [2.75, 3.05) is 13.7 Å². The molecule has 5 heteroatoms. The lowest BCUT2D eigenvalue weighted by molar-refractivity contribution is 0.230. The van der Waals surface area contributed by atoms with E-state index < -0.39 is 0 Å². The van der Waals surface area contributed by atoms with Crippen molar-refractivity contribution in [2.24, 2.45) is 0 Å². The van der Waals surface area contributed by atoms with Gasteiger partial charge in [0, 0.05) is 6.54 Å². The van der Waals surface area contributed by atoms with Crippen LogP contribution in [0.3, 0.4) is 0 Å². The van der Waals surface area contributed by atoms with Gasteiger partial charge in [-0.3, -0.25) is 0 Å². The molecule has 0 aromatic heterocycles. The summed E-state index contributed by atoms with van der Waals surface area (Å²) in [5.74, 6) is 3.73. The molecular formula is C14H19Cl2NO2. The molecule has 1 N–H and O–H groups in total. The lowest BCUT2D eigenvalue weighted by Gasteiger charge is -2.16. The van der Waals surface area contributed by atoms with Crippen molar-refractivity contribution in [3.05, 3.63) is 22.7 Å². The van der Waals surface area contributed by atoms with Crippen molar-refractivity contribution in [1.82, 2.24) is 5.32 Å². The lowest BCUT2D eigenvalue weighted by Crippen LogP contribution is -2.13. The van der Waals surface area contributed by atoms with E-state index in [4.69, 9.17) is 27.5 Å². The third-order valence-electron chi connectivity index (χ3n) is 2.20. The molecule has 3 nitrogen and oxygen atoms in total. The van der Waals surface area contributed by atoms with E-state index in [1.807, 2.05) is 26.0 Å². The van der Waals surface area contributed by atoms with Crippen molar-refractivity contribution >= 4 is 24.0 Å². The first-order chi connectivity index (χ1) is 8.58.